The fourth-order valence-corrected chi connectivity index (χ4v) is 6.54. The maximum Gasteiger partial charge on any atom is 0.335 e. The second-order valence-corrected chi connectivity index (χ2v) is 8.84. The summed E-state index contributed by atoms with van der Waals surface area (Å²) in [4.78, 5) is 40.3. The molecule has 2 atom stereocenters. The molecule has 0 spiro atoms. The van der Waals surface area contributed by atoms with Crippen LogP contribution in [0.5, 0.6) is 0 Å². The molecule has 4 aliphatic rings. The van der Waals surface area contributed by atoms with Crippen molar-refractivity contribution in [2.75, 3.05) is 4.90 Å². The monoisotopic (exact) mass is 423 g/mol. The van der Waals surface area contributed by atoms with E-state index in [1.807, 2.05) is 24.3 Å². The first kappa shape index (κ1) is 19.0. The normalized spacial score (nSPS) is 27.2. The Balaban J connectivity index is 1.58. The summed E-state index contributed by atoms with van der Waals surface area (Å²) in [5.74, 6) is -2.55. The first-order valence-corrected chi connectivity index (χ1v) is 10.9. The van der Waals surface area contributed by atoms with E-state index in [9.17, 15) is 19.5 Å². The molecule has 1 aliphatic heterocycles. The zero-order valence-corrected chi connectivity index (χ0v) is 17.5. The third-order valence-electron chi connectivity index (χ3n) is 7.72. The van der Waals surface area contributed by atoms with Gasteiger partial charge in [0.15, 0.2) is 0 Å². The highest BCUT2D eigenvalue weighted by atomic mass is 16.4. The van der Waals surface area contributed by atoms with Crippen molar-refractivity contribution < 1.29 is 19.5 Å². The molecule has 3 aromatic carbocycles. The van der Waals surface area contributed by atoms with Gasteiger partial charge < -0.3 is 5.11 Å². The van der Waals surface area contributed by atoms with Gasteiger partial charge in [0.2, 0.25) is 11.8 Å². The molecule has 3 aliphatic carbocycles. The van der Waals surface area contributed by atoms with Crippen LogP contribution in [0.25, 0.3) is 0 Å². The van der Waals surface area contributed by atoms with E-state index in [0.29, 0.717) is 12.1 Å². The molecule has 2 amide bonds. The van der Waals surface area contributed by atoms with Crippen LogP contribution >= 0.6 is 0 Å². The Labute approximate surface area is 185 Å². The van der Waals surface area contributed by atoms with Crippen LogP contribution in [-0.2, 0) is 15.0 Å². The van der Waals surface area contributed by atoms with E-state index in [-0.39, 0.29) is 23.3 Å². The molecule has 0 aromatic heterocycles. The van der Waals surface area contributed by atoms with Crippen molar-refractivity contribution in [3.63, 3.8) is 0 Å². The van der Waals surface area contributed by atoms with Gasteiger partial charge in [0.05, 0.1) is 23.1 Å². The Hall–Kier alpha value is -3.73. The van der Waals surface area contributed by atoms with Gasteiger partial charge in [-0.25, -0.2) is 9.69 Å². The van der Waals surface area contributed by atoms with Crippen molar-refractivity contribution in [1.29, 1.82) is 0 Å². The zero-order valence-electron chi connectivity index (χ0n) is 17.5. The zero-order chi connectivity index (χ0) is 22.2. The second kappa shape index (κ2) is 6.39. The molecular formula is C27H21NO4. The maximum absolute atomic E-state index is 13.9. The topological polar surface area (TPSA) is 74.7 Å². The highest BCUT2D eigenvalue weighted by molar-refractivity contribution is 6.23. The highest BCUT2D eigenvalue weighted by Gasteiger charge is 2.67. The summed E-state index contributed by atoms with van der Waals surface area (Å²) in [6.45, 7) is 2.10. The predicted octanol–water partition coefficient (Wildman–Crippen LogP) is 4.35. The van der Waals surface area contributed by atoms with E-state index >= 15 is 0 Å². The lowest BCUT2D eigenvalue weighted by Gasteiger charge is -2.54. The van der Waals surface area contributed by atoms with Crippen molar-refractivity contribution in [2.24, 2.45) is 11.8 Å². The number of carbonyl (C=O) groups excluding carboxylic acids is 2. The fourth-order valence-electron chi connectivity index (χ4n) is 6.54. The Kier molecular flexibility index (Phi) is 3.79. The number of nitrogens with zero attached hydrogens (tertiary/aromatic N) is 1. The molecule has 3 aromatic rings. The summed E-state index contributed by atoms with van der Waals surface area (Å²) in [7, 11) is 0. The molecule has 1 fully saturated rings. The van der Waals surface area contributed by atoms with Crippen LogP contribution in [0, 0.1) is 11.8 Å². The first-order valence-electron chi connectivity index (χ1n) is 10.9. The quantitative estimate of drug-likeness (QED) is 0.636. The van der Waals surface area contributed by atoms with Crippen molar-refractivity contribution in [1.82, 2.24) is 0 Å². The molecule has 158 valence electrons. The number of amides is 2. The molecular weight excluding hydrogens is 402 g/mol. The fraction of sp³-hybridized carbons (Fsp3) is 0.222. The van der Waals surface area contributed by atoms with Gasteiger partial charge >= 0.3 is 5.97 Å². The molecule has 7 rings (SSSR count). The van der Waals surface area contributed by atoms with Crippen LogP contribution < -0.4 is 4.90 Å². The number of benzene rings is 3. The third-order valence-corrected chi connectivity index (χ3v) is 7.72. The Morgan fingerprint density at radius 3 is 1.97 bits per heavy atom. The average molecular weight is 423 g/mol. The predicted molar refractivity (Wildman–Crippen MR) is 119 cm³/mol. The minimum absolute atomic E-state index is 0.121. The van der Waals surface area contributed by atoms with Gasteiger partial charge in [-0.1, -0.05) is 55.5 Å². The van der Waals surface area contributed by atoms with Crippen LogP contribution in [0.4, 0.5) is 5.69 Å². The van der Waals surface area contributed by atoms with Crippen LogP contribution in [-0.4, -0.2) is 22.9 Å². The molecule has 5 heteroatoms. The second-order valence-electron chi connectivity index (χ2n) is 8.84. The lowest BCUT2D eigenvalue weighted by atomic mass is 9.46. The summed E-state index contributed by atoms with van der Waals surface area (Å²) in [6, 6.07) is 22.4. The summed E-state index contributed by atoms with van der Waals surface area (Å²) in [5, 5.41) is 9.21. The van der Waals surface area contributed by atoms with E-state index in [1.54, 1.807) is 12.1 Å². The van der Waals surface area contributed by atoms with E-state index in [2.05, 4.69) is 31.2 Å². The molecule has 1 N–H and O–H groups in total. The largest absolute Gasteiger partial charge is 0.478 e. The minimum atomic E-state index is -1.04. The van der Waals surface area contributed by atoms with Gasteiger partial charge in [0.25, 0.3) is 0 Å². The summed E-state index contributed by atoms with van der Waals surface area (Å²) in [6.07, 6.45) is 0.708. The van der Waals surface area contributed by atoms with Crippen molar-refractivity contribution in [3.8, 4) is 0 Å². The van der Waals surface area contributed by atoms with Crippen LogP contribution in [0.3, 0.4) is 0 Å². The van der Waals surface area contributed by atoms with Crippen LogP contribution in [0.1, 0.15) is 51.9 Å². The van der Waals surface area contributed by atoms with Gasteiger partial charge in [0.1, 0.15) is 0 Å². The highest BCUT2D eigenvalue weighted by Crippen LogP contribution is 2.65. The van der Waals surface area contributed by atoms with E-state index in [1.165, 1.54) is 17.0 Å². The molecule has 0 saturated carbocycles. The molecule has 0 unspecified atom stereocenters. The number of rotatable bonds is 3. The van der Waals surface area contributed by atoms with Crippen LogP contribution in [0.15, 0.2) is 72.8 Å². The number of carboxylic acid groups (broad SMARTS) is 1. The maximum atomic E-state index is 13.9. The Morgan fingerprint density at radius 1 is 0.875 bits per heavy atom. The summed E-state index contributed by atoms with van der Waals surface area (Å²) in [5.41, 5.74) is 4.56. The lowest BCUT2D eigenvalue weighted by molar-refractivity contribution is -0.123. The molecule has 1 saturated heterocycles. The SMILES string of the molecule is CCC12c3ccccc3C(c3ccccc31)[C@@H]1C(=O)N(c3ccc(C(=O)O)cc3)C(=O)[C@H]12. The van der Waals surface area contributed by atoms with Gasteiger partial charge in [-0.3, -0.25) is 9.59 Å². The summed E-state index contributed by atoms with van der Waals surface area (Å²) < 4.78 is 0. The Morgan fingerprint density at radius 2 is 1.44 bits per heavy atom. The average Bonchev–Trinajstić information content (AvgIpc) is 3.10. The van der Waals surface area contributed by atoms with E-state index in [4.69, 9.17) is 0 Å². The molecule has 0 radical (unpaired) electrons. The van der Waals surface area contributed by atoms with Gasteiger partial charge in [-0.15, -0.1) is 0 Å². The van der Waals surface area contributed by atoms with Crippen LogP contribution in [0.2, 0.25) is 0 Å². The number of aromatic carboxylic acids is 1. The number of hydrogen-bond acceptors (Lipinski definition) is 3. The molecule has 2 bridgehead atoms. The van der Waals surface area contributed by atoms with Gasteiger partial charge in [0, 0.05) is 11.3 Å². The van der Waals surface area contributed by atoms with Crippen molar-refractivity contribution in [2.45, 2.75) is 24.7 Å². The number of imide groups is 1. The smallest absolute Gasteiger partial charge is 0.335 e. The Bertz CT molecular complexity index is 1260. The van der Waals surface area contributed by atoms with Crippen molar-refractivity contribution in [3.05, 3.63) is 101 Å². The standard InChI is InChI=1S/C27H21NO4/c1-2-27-19-9-5-3-7-17(19)21(18-8-4-6-10-20(18)27)22-23(27)25(30)28(24(22)29)16-13-11-15(12-14-16)26(31)32/h3-14,21-23H,2H2,1H3,(H,31,32)/t21?,22-,23-,27?/m0/s1. The van der Waals surface area contributed by atoms with Gasteiger partial charge in [-0.05, 0) is 52.9 Å². The number of hydrogen-bond donors (Lipinski definition) is 1. The van der Waals surface area contributed by atoms with E-state index < -0.39 is 23.2 Å². The molecule has 5 nitrogen and oxygen atoms in total. The first-order chi connectivity index (χ1) is 15.5. The van der Waals surface area contributed by atoms with Gasteiger partial charge in [-0.2, -0.15) is 0 Å². The molecule has 1 heterocycles. The minimum Gasteiger partial charge on any atom is -0.478 e. The third kappa shape index (κ3) is 2.11. The number of carboxylic acids is 1. The van der Waals surface area contributed by atoms with E-state index in [0.717, 1.165) is 22.3 Å². The number of carbonyl (C=O) groups is 3. The lowest BCUT2D eigenvalue weighted by Crippen LogP contribution is -2.53. The number of anilines is 1. The molecule has 32 heavy (non-hydrogen) atoms. The summed E-state index contributed by atoms with van der Waals surface area (Å²) >= 11 is 0. The van der Waals surface area contributed by atoms with Crippen molar-refractivity contribution >= 4 is 23.5 Å².